The standard InChI is InChI=1S/C14H19NO4/c1-14(2,13(17)19-4)11(15)9-5-7-10(8-6-9)12(16)18-3/h5-8,11H,15H2,1-4H3/t11-/m1/s1. The SMILES string of the molecule is COC(=O)c1ccc([C@@H](N)C(C)(C)C(=O)OC)cc1. The van der Waals surface area contributed by atoms with Gasteiger partial charge in [0.1, 0.15) is 0 Å². The molecule has 0 heterocycles. The third kappa shape index (κ3) is 3.12. The fourth-order valence-electron chi connectivity index (χ4n) is 1.75. The zero-order valence-electron chi connectivity index (χ0n) is 11.6. The van der Waals surface area contributed by atoms with Gasteiger partial charge in [-0.1, -0.05) is 12.1 Å². The van der Waals surface area contributed by atoms with Crippen molar-refractivity contribution >= 4 is 11.9 Å². The second-order valence-electron chi connectivity index (χ2n) is 4.80. The van der Waals surface area contributed by atoms with Crippen LogP contribution >= 0.6 is 0 Å². The van der Waals surface area contributed by atoms with E-state index in [1.54, 1.807) is 38.1 Å². The van der Waals surface area contributed by atoms with Crippen LogP contribution in [0.2, 0.25) is 0 Å². The number of nitrogens with two attached hydrogens (primary N) is 1. The maximum Gasteiger partial charge on any atom is 0.337 e. The highest BCUT2D eigenvalue weighted by atomic mass is 16.5. The number of methoxy groups -OCH3 is 2. The van der Waals surface area contributed by atoms with Crippen molar-refractivity contribution in [3.8, 4) is 0 Å². The molecule has 0 bridgehead atoms. The summed E-state index contributed by atoms with van der Waals surface area (Å²) in [7, 11) is 2.65. The lowest BCUT2D eigenvalue weighted by Crippen LogP contribution is -2.37. The van der Waals surface area contributed by atoms with Crippen LogP contribution in [0.1, 0.15) is 35.8 Å². The molecule has 0 aliphatic heterocycles. The monoisotopic (exact) mass is 265 g/mol. The number of carbonyl (C=O) groups excluding carboxylic acids is 2. The van der Waals surface area contributed by atoms with Crippen LogP contribution in [0, 0.1) is 5.41 Å². The molecule has 0 aliphatic carbocycles. The highest BCUT2D eigenvalue weighted by molar-refractivity contribution is 5.89. The Balaban J connectivity index is 2.98. The van der Waals surface area contributed by atoms with Crippen LogP contribution in [-0.4, -0.2) is 26.2 Å². The summed E-state index contributed by atoms with van der Waals surface area (Å²) < 4.78 is 9.36. The smallest absolute Gasteiger partial charge is 0.337 e. The van der Waals surface area contributed by atoms with Crippen LogP contribution in [0.3, 0.4) is 0 Å². The molecule has 0 unspecified atom stereocenters. The maximum atomic E-state index is 11.7. The first-order valence-corrected chi connectivity index (χ1v) is 5.87. The number of ether oxygens (including phenoxy) is 2. The number of esters is 2. The minimum Gasteiger partial charge on any atom is -0.469 e. The lowest BCUT2D eigenvalue weighted by molar-refractivity contribution is -0.152. The molecule has 0 fully saturated rings. The Morgan fingerprint density at radius 1 is 1.11 bits per heavy atom. The summed E-state index contributed by atoms with van der Waals surface area (Å²) in [4.78, 5) is 23.0. The molecule has 5 heteroatoms. The lowest BCUT2D eigenvalue weighted by atomic mass is 9.81. The van der Waals surface area contributed by atoms with Crippen molar-refractivity contribution in [1.29, 1.82) is 0 Å². The summed E-state index contributed by atoms with van der Waals surface area (Å²) in [6.07, 6.45) is 0. The summed E-state index contributed by atoms with van der Waals surface area (Å²) in [6, 6.07) is 6.14. The topological polar surface area (TPSA) is 78.6 Å². The molecular formula is C14H19NO4. The zero-order chi connectivity index (χ0) is 14.6. The van der Waals surface area contributed by atoms with E-state index >= 15 is 0 Å². The molecular weight excluding hydrogens is 246 g/mol. The molecule has 1 aromatic rings. The zero-order valence-corrected chi connectivity index (χ0v) is 11.6. The highest BCUT2D eigenvalue weighted by Gasteiger charge is 2.36. The minimum absolute atomic E-state index is 0.378. The lowest BCUT2D eigenvalue weighted by Gasteiger charge is -2.28. The molecule has 19 heavy (non-hydrogen) atoms. The van der Waals surface area contributed by atoms with Crippen LogP contribution in [0.5, 0.6) is 0 Å². The van der Waals surface area contributed by atoms with Crippen LogP contribution in [0.4, 0.5) is 0 Å². The number of rotatable bonds is 4. The molecule has 1 aromatic carbocycles. The van der Waals surface area contributed by atoms with Crippen molar-refractivity contribution < 1.29 is 19.1 Å². The number of hydrogen-bond donors (Lipinski definition) is 1. The first kappa shape index (κ1) is 15.2. The summed E-state index contributed by atoms with van der Waals surface area (Å²) in [6.45, 7) is 3.44. The van der Waals surface area contributed by atoms with Gasteiger partial charge in [0.05, 0.1) is 25.2 Å². The number of benzene rings is 1. The average Bonchev–Trinajstić information content (AvgIpc) is 2.44. The predicted molar refractivity (Wildman–Crippen MR) is 70.5 cm³/mol. The maximum absolute atomic E-state index is 11.7. The van der Waals surface area contributed by atoms with Crippen LogP contribution < -0.4 is 5.73 Å². The Labute approximate surface area is 112 Å². The Morgan fingerprint density at radius 2 is 1.63 bits per heavy atom. The van der Waals surface area contributed by atoms with Crippen LogP contribution in [0.25, 0.3) is 0 Å². The van der Waals surface area contributed by atoms with Crippen LogP contribution in [-0.2, 0) is 14.3 Å². The van der Waals surface area contributed by atoms with Crippen molar-refractivity contribution in [2.24, 2.45) is 11.1 Å². The Morgan fingerprint density at radius 3 is 2.05 bits per heavy atom. The first-order chi connectivity index (χ1) is 8.84. The van der Waals surface area contributed by atoms with E-state index in [1.807, 2.05) is 0 Å². The van der Waals surface area contributed by atoms with E-state index in [0.29, 0.717) is 5.56 Å². The summed E-state index contributed by atoms with van der Waals surface area (Å²) in [5.74, 6) is -0.788. The van der Waals surface area contributed by atoms with Gasteiger partial charge in [-0.2, -0.15) is 0 Å². The molecule has 0 saturated carbocycles. The average molecular weight is 265 g/mol. The molecule has 0 aliphatic rings. The predicted octanol–water partition coefficient (Wildman–Crippen LogP) is 1.67. The molecule has 5 nitrogen and oxygen atoms in total. The Kier molecular flexibility index (Phi) is 4.67. The fraction of sp³-hybridized carbons (Fsp3) is 0.429. The van der Waals surface area contributed by atoms with Gasteiger partial charge in [0, 0.05) is 6.04 Å². The fourth-order valence-corrected chi connectivity index (χ4v) is 1.75. The molecule has 104 valence electrons. The van der Waals surface area contributed by atoms with Crippen LogP contribution in [0.15, 0.2) is 24.3 Å². The quantitative estimate of drug-likeness (QED) is 0.838. The van der Waals surface area contributed by atoms with Crippen molar-refractivity contribution in [3.63, 3.8) is 0 Å². The van der Waals surface area contributed by atoms with Gasteiger partial charge in [-0.05, 0) is 31.5 Å². The molecule has 0 saturated heterocycles. The Hall–Kier alpha value is -1.88. The molecule has 1 atom stereocenters. The van der Waals surface area contributed by atoms with E-state index in [0.717, 1.165) is 5.56 Å². The van der Waals surface area contributed by atoms with Gasteiger partial charge >= 0.3 is 11.9 Å². The second-order valence-corrected chi connectivity index (χ2v) is 4.80. The van der Waals surface area contributed by atoms with Gasteiger partial charge in [-0.3, -0.25) is 4.79 Å². The van der Waals surface area contributed by atoms with Gasteiger partial charge in [-0.15, -0.1) is 0 Å². The molecule has 2 N–H and O–H groups in total. The largest absolute Gasteiger partial charge is 0.469 e. The number of hydrogen-bond acceptors (Lipinski definition) is 5. The van der Waals surface area contributed by atoms with E-state index < -0.39 is 17.4 Å². The van der Waals surface area contributed by atoms with Gasteiger partial charge in [-0.25, -0.2) is 4.79 Å². The summed E-state index contributed by atoms with van der Waals surface area (Å²) >= 11 is 0. The van der Waals surface area contributed by atoms with E-state index in [-0.39, 0.29) is 5.97 Å². The molecule has 0 spiro atoms. The molecule has 0 radical (unpaired) electrons. The third-order valence-corrected chi connectivity index (χ3v) is 3.18. The van der Waals surface area contributed by atoms with E-state index in [9.17, 15) is 9.59 Å². The van der Waals surface area contributed by atoms with Gasteiger partial charge < -0.3 is 15.2 Å². The molecule has 1 rings (SSSR count). The van der Waals surface area contributed by atoms with Gasteiger partial charge in [0.15, 0.2) is 0 Å². The van der Waals surface area contributed by atoms with Crippen molar-refractivity contribution in [2.75, 3.05) is 14.2 Å². The van der Waals surface area contributed by atoms with Gasteiger partial charge in [0.25, 0.3) is 0 Å². The van der Waals surface area contributed by atoms with E-state index in [1.165, 1.54) is 14.2 Å². The van der Waals surface area contributed by atoms with Crippen molar-refractivity contribution in [1.82, 2.24) is 0 Å². The van der Waals surface area contributed by atoms with Crippen molar-refractivity contribution in [3.05, 3.63) is 35.4 Å². The van der Waals surface area contributed by atoms with Gasteiger partial charge in [0.2, 0.25) is 0 Å². The van der Waals surface area contributed by atoms with E-state index in [4.69, 9.17) is 10.5 Å². The molecule has 0 amide bonds. The highest BCUT2D eigenvalue weighted by Crippen LogP contribution is 2.32. The first-order valence-electron chi connectivity index (χ1n) is 5.87. The summed E-state index contributed by atoms with van der Waals surface area (Å²) in [5.41, 5.74) is 6.44. The summed E-state index contributed by atoms with van der Waals surface area (Å²) in [5, 5.41) is 0. The normalized spacial score (nSPS) is 12.7. The van der Waals surface area contributed by atoms with E-state index in [2.05, 4.69) is 4.74 Å². The number of carbonyl (C=O) groups is 2. The van der Waals surface area contributed by atoms with Crippen molar-refractivity contribution in [2.45, 2.75) is 19.9 Å². The third-order valence-electron chi connectivity index (χ3n) is 3.18. The minimum atomic E-state index is -0.846. The Bertz CT molecular complexity index is 465. The second kappa shape index (κ2) is 5.84. The molecule has 0 aromatic heterocycles.